The van der Waals surface area contributed by atoms with Crippen LogP contribution in [0.15, 0.2) is 36.4 Å². The molecule has 7 heteroatoms. The predicted octanol–water partition coefficient (Wildman–Crippen LogP) is 5.90. The summed E-state index contributed by atoms with van der Waals surface area (Å²) in [5.41, 5.74) is 1.80. The van der Waals surface area contributed by atoms with Crippen LogP contribution in [0.2, 0.25) is 8.67 Å². The number of hydrogen-bond donors (Lipinski definition) is 0. The monoisotopic (exact) mass is 360 g/mol. The molecule has 0 amide bonds. The lowest BCUT2D eigenvalue weighted by Crippen LogP contribution is -1.91. The van der Waals surface area contributed by atoms with Crippen LogP contribution in [0.4, 0.5) is 0 Å². The van der Waals surface area contributed by atoms with E-state index in [1.54, 1.807) is 6.07 Å². The van der Waals surface area contributed by atoms with E-state index in [0.717, 1.165) is 21.1 Å². The van der Waals surface area contributed by atoms with Gasteiger partial charge in [-0.2, -0.15) is 0 Å². The van der Waals surface area contributed by atoms with Gasteiger partial charge in [-0.25, -0.2) is 0 Å². The smallest absolute Gasteiger partial charge is 0.141 e. The highest BCUT2D eigenvalue weighted by molar-refractivity contribution is 7.21. The van der Waals surface area contributed by atoms with E-state index in [2.05, 4.69) is 10.2 Å². The molecule has 1 unspecified atom stereocenters. The Kier molecular flexibility index (Phi) is 4.29. The summed E-state index contributed by atoms with van der Waals surface area (Å²) in [5, 5.41) is 9.48. The minimum absolute atomic E-state index is 0.310. The van der Waals surface area contributed by atoms with E-state index >= 15 is 0 Å². The second-order valence-electron chi connectivity index (χ2n) is 3.96. The fourth-order valence-electron chi connectivity index (χ4n) is 1.70. The van der Waals surface area contributed by atoms with Crippen LogP contribution in [0.25, 0.3) is 10.6 Å². The van der Waals surface area contributed by atoms with Crippen LogP contribution in [0, 0.1) is 0 Å². The maximum absolute atomic E-state index is 6.43. The van der Waals surface area contributed by atoms with E-state index in [0.29, 0.717) is 8.67 Å². The van der Waals surface area contributed by atoms with Gasteiger partial charge in [0.05, 0.1) is 4.34 Å². The Morgan fingerprint density at radius 1 is 1.00 bits per heavy atom. The van der Waals surface area contributed by atoms with Gasteiger partial charge in [-0.1, -0.05) is 64.9 Å². The minimum atomic E-state index is -0.310. The van der Waals surface area contributed by atoms with Gasteiger partial charge < -0.3 is 0 Å². The molecule has 0 spiro atoms. The summed E-state index contributed by atoms with van der Waals surface area (Å²) in [4.78, 5) is 0. The molecule has 0 aliphatic rings. The fourth-order valence-corrected chi connectivity index (χ4v) is 4.48. The molecule has 1 atom stereocenters. The highest BCUT2D eigenvalue weighted by atomic mass is 35.5. The van der Waals surface area contributed by atoms with Gasteiger partial charge in [-0.05, 0) is 11.6 Å². The highest BCUT2D eigenvalue weighted by Gasteiger charge is 2.19. The average Bonchev–Trinajstić information content (AvgIpc) is 3.05. The maximum atomic E-state index is 6.43. The summed E-state index contributed by atoms with van der Waals surface area (Å²) in [7, 11) is 0. The van der Waals surface area contributed by atoms with Gasteiger partial charge in [-0.15, -0.1) is 33.1 Å². The third-order valence-electron chi connectivity index (χ3n) is 2.64. The molecule has 0 saturated carbocycles. The average molecular weight is 362 g/mol. The molecule has 2 aromatic heterocycles. The number of rotatable bonds is 3. The van der Waals surface area contributed by atoms with Gasteiger partial charge in [-0.3, -0.25) is 0 Å². The first kappa shape index (κ1) is 14.3. The third-order valence-corrected chi connectivity index (χ3v) is 5.73. The quantitative estimate of drug-likeness (QED) is 0.543. The Morgan fingerprint density at radius 3 is 2.40 bits per heavy atom. The second kappa shape index (κ2) is 6.00. The van der Waals surface area contributed by atoms with Crippen LogP contribution in [-0.2, 0) is 0 Å². The molecule has 102 valence electrons. The Bertz CT molecular complexity index is 724. The summed E-state index contributed by atoms with van der Waals surface area (Å²) < 4.78 is 1.25. The van der Waals surface area contributed by atoms with Crippen LogP contribution >= 0.6 is 57.5 Å². The first-order valence-corrected chi connectivity index (χ1v) is 8.45. The normalized spacial score (nSPS) is 12.6. The molecule has 0 aliphatic heterocycles. The zero-order valence-electron chi connectivity index (χ0n) is 9.89. The van der Waals surface area contributed by atoms with Crippen molar-refractivity contribution in [1.82, 2.24) is 10.2 Å². The molecular weight excluding hydrogens is 355 g/mol. The summed E-state index contributed by atoms with van der Waals surface area (Å²) in [5.74, 6) is 0. The van der Waals surface area contributed by atoms with Crippen molar-refractivity contribution >= 4 is 57.5 Å². The number of thiophene rings is 1. The van der Waals surface area contributed by atoms with Crippen LogP contribution in [0.5, 0.6) is 0 Å². The van der Waals surface area contributed by atoms with Crippen molar-refractivity contribution in [2.24, 2.45) is 0 Å². The van der Waals surface area contributed by atoms with Crippen LogP contribution in [-0.4, -0.2) is 10.2 Å². The van der Waals surface area contributed by atoms with E-state index in [-0.39, 0.29) is 5.38 Å². The molecule has 2 nitrogen and oxygen atoms in total. The zero-order valence-corrected chi connectivity index (χ0v) is 13.8. The Hall–Kier alpha value is -0.650. The van der Waals surface area contributed by atoms with E-state index in [9.17, 15) is 0 Å². The van der Waals surface area contributed by atoms with Crippen molar-refractivity contribution in [2.75, 3.05) is 0 Å². The molecule has 0 saturated heterocycles. The Labute approximate surface area is 139 Å². The van der Waals surface area contributed by atoms with E-state index in [1.165, 1.54) is 22.7 Å². The van der Waals surface area contributed by atoms with Gasteiger partial charge in [0.2, 0.25) is 0 Å². The van der Waals surface area contributed by atoms with E-state index in [1.807, 2.05) is 30.3 Å². The summed E-state index contributed by atoms with van der Waals surface area (Å²) in [6.07, 6.45) is 0. The number of alkyl halides is 1. The van der Waals surface area contributed by atoms with Crippen molar-refractivity contribution in [2.45, 2.75) is 5.38 Å². The molecule has 0 aliphatic carbocycles. The number of nitrogens with zero attached hydrogens (tertiary/aromatic N) is 2. The van der Waals surface area contributed by atoms with Crippen molar-refractivity contribution in [3.8, 4) is 10.6 Å². The maximum Gasteiger partial charge on any atom is 0.150 e. The lowest BCUT2D eigenvalue weighted by molar-refractivity contribution is 0.988. The largest absolute Gasteiger partial charge is 0.150 e. The molecule has 0 N–H and O–H groups in total. The number of hydrogen-bond acceptors (Lipinski definition) is 4. The molecule has 1 aromatic carbocycles. The molecule has 0 bridgehead atoms. The van der Waals surface area contributed by atoms with Gasteiger partial charge in [0.15, 0.2) is 0 Å². The molecule has 20 heavy (non-hydrogen) atoms. The van der Waals surface area contributed by atoms with Crippen molar-refractivity contribution in [1.29, 1.82) is 0 Å². The number of aromatic nitrogens is 2. The summed E-state index contributed by atoms with van der Waals surface area (Å²) in [6.45, 7) is 0. The van der Waals surface area contributed by atoms with Gasteiger partial charge in [0, 0.05) is 5.56 Å². The van der Waals surface area contributed by atoms with Crippen LogP contribution in [0.3, 0.4) is 0 Å². The van der Waals surface area contributed by atoms with E-state index in [4.69, 9.17) is 34.8 Å². The SMILES string of the molecule is Clc1cc(-c2nnc(C(Cl)c3ccccc3)s2)c(Cl)s1. The predicted molar refractivity (Wildman–Crippen MR) is 87.4 cm³/mol. The molecule has 3 aromatic rings. The van der Waals surface area contributed by atoms with Gasteiger partial charge in [0.25, 0.3) is 0 Å². The molecular formula is C13H7Cl3N2S2. The van der Waals surface area contributed by atoms with E-state index < -0.39 is 0 Å². The standard InChI is InChI=1S/C13H7Cl3N2S2/c14-9-6-8(11(16)19-9)12-17-18-13(20-12)10(15)7-4-2-1-3-5-7/h1-6,10H. The molecule has 2 heterocycles. The van der Waals surface area contributed by atoms with Gasteiger partial charge >= 0.3 is 0 Å². The Morgan fingerprint density at radius 2 is 1.75 bits per heavy atom. The van der Waals surface area contributed by atoms with Crippen molar-refractivity contribution in [3.05, 3.63) is 55.6 Å². The fraction of sp³-hybridized carbons (Fsp3) is 0.0769. The zero-order chi connectivity index (χ0) is 14.1. The van der Waals surface area contributed by atoms with Crippen LogP contribution < -0.4 is 0 Å². The highest BCUT2D eigenvalue weighted by Crippen LogP contribution is 2.41. The topological polar surface area (TPSA) is 25.8 Å². The first-order valence-electron chi connectivity index (χ1n) is 5.63. The second-order valence-corrected chi connectivity index (χ2v) is 7.69. The van der Waals surface area contributed by atoms with Crippen LogP contribution in [0.1, 0.15) is 15.9 Å². The summed E-state index contributed by atoms with van der Waals surface area (Å²) >= 11 is 21.2. The first-order chi connectivity index (χ1) is 9.65. The van der Waals surface area contributed by atoms with Crippen molar-refractivity contribution in [3.63, 3.8) is 0 Å². The van der Waals surface area contributed by atoms with Crippen molar-refractivity contribution < 1.29 is 0 Å². The minimum Gasteiger partial charge on any atom is -0.141 e. The lowest BCUT2D eigenvalue weighted by Gasteiger charge is -2.04. The molecule has 3 rings (SSSR count). The number of halogens is 3. The molecule has 0 radical (unpaired) electrons. The van der Waals surface area contributed by atoms with Gasteiger partial charge in [0.1, 0.15) is 19.7 Å². The summed E-state index contributed by atoms with van der Waals surface area (Å²) in [6, 6.07) is 11.6. The Balaban J connectivity index is 1.93. The molecule has 0 fully saturated rings. The third kappa shape index (κ3) is 2.85. The number of benzene rings is 1. The lowest BCUT2D eigenvalue weighted by atomic mass is 10.1.